The van der Waals surface area contributed by atoms with E-state index in [2.05, 4.69) is 11.8 Å². The van der Waals surface area contributed by atoms with Gasteiger partial charge in [0.2, 0.25) is 5.91 Å². The molecule has 2 N–H and O–H groups in total. The van der Waals surface area contributed by atoms with Crippen molar-refractivity contribution >= 4 is 5.91 Å². The fraction of sp³-hybridized carbons (Fsp3) is 0.929. The second-order valence-corrected chi connectivity index (χ2v) is 5.94. The fourth-order valence-corrected chi connectivity index (χ4v) is 2.93. The summed E-state index contributed by atoms with van der Waals surface area (Å²) in [6.07, 6.45) is 8.24. The summed E-state index contributed by atoms with van der Waals surface area (Å²) in [7, 11) is 0. The SMILES string of the molecule is CC(N)C1CCCN(C(=O)CCC2CCC2)C1. The third-order valence-corrected chi connectivity index (χ3v) is 4.55. The summed E-state index contributed by atoms with van der Waals surface area (Å²) in [5.41, 5.74) is 5.94. The third-order valence-electron chi connectivity index (χ3n) is 4.55. The lowest BCUT2D eigenvalue weighted by Crippen LogP contribution is -2.45. The number of nitrogens with zero attached hydrogens (tertiary/aromatic N) is 1. The zero-order valence-electron chi connectivity index (χ0n) is 11.0. The molecule has 0 aromatic heterocycles. The molecule has 1 saturated carbocycles. The zero-order chi connectivity index (χ0) is 12.3. The number of nitrogens with two attached hydrogens (primary N) is 1. The average Bonchev–Trinajstić information content (AvgIpc) is 2.27. The van der Waals surface area contributed by atoms with Gasteiger partial charge in [0.1, 0.15) is 0 Å². The highest BCUT2D eigenvalue weighted by Crippen LogP contribution is 2.31. The molecule has 2 aliphatic rings. The zero-order valence-corrected chi connectivity index (χ0v) is 11.0. The molecular formula is C14H26N2O. The number of carbonyl (C=O) groups is 1. The van der Waals surface area contributed by atoms with E-state index >= 15 is 0 Å². The highest BCUT2D eigenvalue weighted by Gasteiger charge is 2.26. The fourth-order valence-electron chi connectivity index (χ4n) is 2.93. The minimum Gasteiger partial charge on any atom is -0.342 e. The van der Waals surface area contributed by atoms with Gasteiger partial charge >= 0.3 is 0 Å². The van der Waals surface area contributed by atoms with E-state index in [1.54, 1.807) is 0 Å². The molecule has 17 heavy (non-hydrogen) atoms. The molecule has 3 heteroatoms. The molecule has 2 unspecified atom stereocenters. The Balaban J connectivity index is 1.73. The maximum atomic E-state index is 12.1. The molecule has 2 atom stereocenters. The normalized spacial score (nSPS) is 27.6. The van der Waals surface area contributed by atoms with Gasteiger partial charge in [-0.15, -0.1) is 0 Å². The summed E-state index contributed by atoms with van der Waals surface area (Å²) < 4.78 is 0. The van der Waals surface area contributed by atoms with E-state index in [9.17, 15) is 4.79 Å². The van der Waals surface area contributed by atoms with Crippen LogP contribution in [-0.4, -0.2) is 29.9 Å². The number of hydrogen-bond donors (Lipinski definition) is 1. The summed E-state index contributed by atoms with van der Waals surface area (Å²) in [5.74, 6) is 1.71. The van der Waals surface area contributed by atoms with Crippen LogP contribution in [0.1, 0.15) is 51.9 Å². The van der Waals surface area contributed by atoms with Crippen LogP contribution in [0.5, 0.6) is 0 Å². The van der Waals surface area contributed by atoms with Gasteiger partial charge in [-0.05, 0) is 38.0 Å². The van der Waals surface area contributed by atoms with Crippen molar-refractivity contribution in [2.75, 3.05) is 13.1 Å². The van der Waals surface area contributed by atoms with Crippen molar-refractivity contribution in [1.82, 2.24) is 4.90 Å². The minimum absolute atomic E-state index is 0.220. The maximum absolute atomic E-state index is 12.1. The highest BCUT2D eigenvalue weighted by atomic mass is 16.2. The van der Waals surface area contributed by atoms with Gasteiger partial charge in [0.15, 0.2) is 0 Å². The first-order valence-corrected chi connectivity index (χ1v) is 7.20. The van der Waals surface area contributed by atoms with Crippen molar-refractivity contribution in [3.05, 3.63) is 0 Å². The van der Waals surface area contributed by atoms with Gasteiger partial charge in [-0.25, -0.2) is 0 Å². The monoisotopic (exact) mass is 238 g/mol. The van der Waals surface area contributed by atoms with Crippen LogP contribution in [0.15, 0.2) is 0 Å². The van der Waals surface area contributed by atoms with Crippen molar-refractivity contribution in [3.63, 3.8) is 0 Å². The predicted octanol–water partition coefficient (Wildman–Crippen LogP) is 2.15. The Kier molecular flexibility index (Phi) is 4.43. The lowest BCUT2D eigenvalue weighted by molar-refractivity contribution is -0.133. The largest absolute Gasteiger partial charge is 0.342 e. The topological polar surface area (TPSA) is 46.3 Å². The van der Waals surface area contributed by atoms with E-state index in [4.69, 9.17) is 5.73 Å². The van der Waals surface area contributed by atoms with E-state index in [0.29, 0.717) is 11.8 Å². The quantitative estimate of drug-likeness (QED) is 0.815. The molecule has 1 saturated heterocycles. The molecular weight excluding hydrogens is 212 g/mol. The van der Waals surface area contributed by atoms with Crippen molar-refractivity contribution < 1.29 is 4.79 Å². The van der Waals surface area contributed by atoms with Gasteiger partial charge in [0, 0.05) is 25.6 Å². The minimum atomic E-state index is 0.220. The van der Waals surface area contributed by atoms with Gasteiger partial charge in [0.25, 0.3) is 0 Å². The Morgan fingerprint density at radius 1 is 1.35 bits per heavy atom. The lowest BCUT2D eigenvalue weighted by Gasteiger charge is -2.35. The Bertz CT molecular complexity index is 261. The van der Waals surface area contributed by atoms with Crippen LogP contribution < -0.4 is 5.73 Å². The number of hydrogen-bond acceptors (Lipinski definition) is 2. The van der Waals surface area contributed by atoms with E-state index < -0.39 is 0 Å². The maximum Gasteiger partial charge on any atom is 0.222 e. The van der Waals surface area contributed by atoms with Crippen LogP contribution in [0, 0.1) is 11.8 Å². The average molecular weight is 238 g/mol. The van der Waals surface area contributed by atoms with Crippen LogP contribution in [0.25, 0.3) is 0 Å². The number of likely N-dealkylation sites (tertiary alicyclic amines) is 1. The van der Waals surface area contributed by atoms with Gasteiger partial charge in [-0.1, -0.05) is 19.3 Å². The first kappa shape index (κ1) is 12.9. The van der Waals surface area contributed by atoms with Crippen LogP contribution >= 0.6 is 0 Å². The Hall–Kier alpha value is -0.570. The molecule has 0 spiro atoms. The molecule has 98 valence electrons. The Labute approximate surface area is 105 Å². The smallest absolute Gasteiger partial charge is 0.222 e. The van der Waals surface area contributed by atoms with Crippen molar-refractivity contribution in [2.24, 2.45) is 17.6 Å². The summed E-state index contributed by atoms with van der Waals surface area (Å²) in [6, 6.07) is 0.220. The molecule has 0 radical (unpaired) electrons. The first-order chi connectivity index (χ1) is 8.16. The summed E-state index contributed by atoms with van der Waals surface area (Å²) in [6.45, 7) is 3.90. The number of piperidine rings is 1. The summed E-state index contributed by atoms with van der Waals surface area (Å²) >= 11 is 0. The first-order valence-electron chi connectivity index (χ1n) is 7.20. The van der Waals surface area contributed by atoms with Crippen LogP contribution in [0.3, 0.4) is 0 Å². The van der Waals surface area contributed by atoms with Crippen molar-refractivity contribution in [3.8, 4) is 0 Å². The molecule has 1 aliphatic heterocycles. The van der Waals surface area contributed by atoms with Crippen molar-refractivity contribution in [1.29, 1.82) is 0 Å². The Morgan fingerprint density at radius 3 is 2.71 bits per heavy atom. The molecule has 0 aromatic carbocycles. The third kappa shape index (κ3) is 3.44. The highest BCUT2D eigenvalue weighted by molar-refractivity contribution is 5.76. The van der Waals surface area contributed by atoms with Crippen LogP contribution in [0.2, 0.25) is 0 Å². The molecule has 2 fully saturated rings. The van der Waals surface area contributed by atoms with Crippen molar-refractivity contribution in [2.45, 2.75) is 57.9 Å². The number of amides is 1. The van der Waals surface area contributed by atoms with Crippen LogP contribution in [0.4, 0.5) is 0 Å². The van der Waals surface area contributed by atoms with E-state index in [-0.39, 0.29) is 6.04 Å². The molecule has 3 nitrogen and oxygen atoms in total. The van der Waals surface area contributed by atoms with Gasteiger partial charge in [0.05, 0.1) is 0 Å². The molecule has 1 aliphatic carbocycles. The predicted molar refractivity (Wildman–Crippen MR) is 69.5 cm³/mol. The van der Waals surface area contributed by atoms with Gasteiger partial charge in [-0.3, -0.25) is 4.79 Å². The second kappa shape index (κ2) is 5.85. The molecule has 1 amide bonds. The molecule has 0 bridgehead atoms. The molecule has 0 aromatic rings. The second-order valence-electron chi connectivity index (χ2n) is 5.94. The van der Waals surface area contributed by atoms with Gasteiger partial charge < -0.3 is 10.6 Å². The van der Waals surface area contributed by atoms with Gasteiger partial charge in [-0.2, -0.15) is 0 Å². The Morgan fingerprint density at radius 2 is 2.12 bits per heavy atom. The molecule has 1 heterocycles. The standard InChI is InChI=1S/C14H26N2O/c1-11(15)13-6-3-9-16(10-13)14(17)8-7-12-4-2-5-12/h11-13H,2-10,15H2,1H3. The summed E-state index contributed by atoms with van der Waals surface area (Å²) in [4.78, 5) is 14.1. The van der Waals surface area contributed by atoms with Crippen LogP contribution in [-0.2, 0) is 4.79 Å². The van der Waals surface area contributed by atoms with E-state index in [1.807, 2.05) is 0 Å². The molecule has 2 rings (SSSR count). The van der Waals surface area contributed by atoms with E-state index in [0.717, 1.165) is 38.3 Å². The lowest BCUT2D eigenvalue weighted by atomic mass is 9.82. The number of carbonyl (C=O) groups excluding carboxylic acids is 1. The number of rotatable bonds is 4. The van der Waals surface area contributed by atoms with E-state index in [1.165, 1.54) is 25.7 Å². The summed E-state index contributed by atoms with van der Waals surface area (Å²) in [5, 5.41) is 0.